The Balaban J connectivity index is 1.83. The Morgan fingerprint density at radius 3 is 1.32 bits per heavy atom. The van der Waals surface area contributed by atoms with Gasteiger partial charge in [0.15, 0.2) is 0 Å². The number of aryl methyl sites for hydroxylation is 2. The zero-order valence-corrected chi connectivity index (χ0v) is 26.8. The number of unbranched alkanes of at least 4 members (excludes halogenated alkanes) is 20. The number of hydrogen-bond donors (Lipinski definition) is 1. The van der Waals surface area contributed by atoms with Gasteiger partial charge in [0.2, 0.25) is 0 Å². The molecule has 0 amide bonds. The fourth-order valence-corrected chi connectivity index (χ4v) is 6.85. The molecular formula is C36H60O3S. The minimum absolute atomic E-state index is 0.0730. The molecule has 0 aromatic heterocycles. The summed E-state index contributed by atoms with van der Waals surface area (Å²) >= 11 is 0. The van der Waals surface area contributed by atoms with Crippen molar-refractivity contribution in [3.8, 4) is 0 Å². The molecule has 2 aromatic rings. The first kappa shape index (κ1) is 34.8. The van der Waals surface area contributed by atoms with E-state index in [9.17, 15) is 13.0 Å². The van der Waals surface area contributed by atoms with Crippen molar-refractivity contribution in [2.45, 2.75) is 173 Å². The molecule has 0 aliphatic carbocycles. The van der Waals surface area contributed by atoms with Crippen LogP contribution in [0.15, 0.2) is 35.2 Å². The molecule has 3 nitrogen and oxygen atoms in total. The standard InChI is InChI=1S/C36H60O3S/c1-3-5-7-9-11-13-15-17-19-21-23-26-32-30-31-35(40(37,38)39)36-33(28-25-29-34(32)36)27-24-22-20-18-16-14-12-10-8-6-4-2/h25,28-31H,3-24,26-27H2,1-2H3,(H,37,38,39). The Morgan fingerprint density at radius 2 is 0.900 bits per heavy atom. The van der Waals surface area contributed by atoms with E-state index in [0.29, 0.717) is 0 Å². The Hall–Kier alpha value is -1.39. The molecule has 0 atom stereocenters. The molecule has 0 bridgehead atoms. The summed E-state index contributed by atoms with van der Waals surface area (Å²) in [6, 6.07) is 9.72. The van der Waals surface area contributed by atoms with Crippen molar-refractivity contribution >= 4 is 20.9 Å². The molecule has 0 spiro atoms. The third-order valence-corrected chi connectivity index (χ3v) is 9.45. The molecule has 0 fully saturated rings. The minimum Gasteiger partial charge on any atom is -0.282 e. The lowest BCUT2D eigenvalue weighted by Crippen LogP contribution is -2.03. The first-order chi connectivity index (χ1) is 19.5. The van der Waals surface area contributed by atoms with Crippen molar-refractivity contribution in [2.24, 2.45) is 0 Å². The molecule has 0 heterocycles. The number of benzene rings is 2. The zero-order valence-electron chi connectivity index (χ0n) is 26.0. The third-order valence-electron chi connectivity index (χ3n) is 8.56. The minimum atomic E-state index is -4.27. The second-order valence-corrected chi connectivity index (χ2v) is 13.5. The zero-order chi connectivity index (χ0) is 28.9. The average Bonchev–Trinajstić information content (AvgIpc) is 2.94. The van der Waals surface area contributed by atoms with Gasteiger partial charge in [0.25, 0.3) is 10.1 Å². The highest BCUT2D eigenvalue weighted by Gasteiger charge is 2.18. The summed E-state index contributed by atoms with van der Waals surface area (Å²) in [4.78, 5) is 0.0730. The molecule has 228 valence electrons. The summed E-state index contributed by atoms with van der Waals surface area (Å²) < 4.78 is 34.6. The van der Waals surface area contributed by atoms with Gasteiger partial charge in [0, 0.05) is 5.39 Å². The van der Waals surface area contributed by atoms with Gasteiger partial charge in [0.05, 0.1) is 0 Å². The van der Waals surface area contributed by atoms with E-state index in [1.807, 2.05) is 12.1 Å². The molecule has 0 saturated carbocycles. The van der Waals surface area contributed by atoms with Gasteiger partial charge < -0.3 is 0 Å². The molecule has 1 N–H and O–H groups in total. The van der Waals surface area contributed by atoms with Crippen LogP contribution in [0.3, 0.4) is 0 Å². The van der Waals surface area contributed by atoms with Crippen LogP contribution >= 0.6 is 0 Å². The van der Waals surface area contributed by atoms with Crippen LogP contribution in [0, 0.1) is 0 Å². The van der Waals surface area contributed by atoms with E-state index in [-0.39, 0.29) is 4.90 Å². The maximum Gasteiger partial charge on any atom is 0.295 e. The van der Waals surface area contributed by atoms with Crippen LogP contribution in [0.25, 0.3) is 10.8 Å². The molecule has 2 aromatic carbocycles. The van der Waals surface area contributed by atoms with Crippen LogP contribution in [-0.4, -0.2) is 13.0 Å². The molecular weight excluding hydrogens is 512 g/mol. The van der Waals surface area contributed by atoms with Gasteiger partial charge >= 0.3 is 0 Å². The largest absolute Gasteiger partial charge is 0.295 e. The van der Waals surface area contributed by atoms with E-state index >= 15 is 0 Å². The highest BCUT2D eigenvalue weighted by Crippen LogP contribution is 2.31. The van der Waals surface area contributed by atoms with Crippen molar-refractivity contribution in [1.82, 2.24) is 0 Å². The SMILES string of the molecule is CCCCCCCCCCCCCc1ccc(S(=O)(=O)O)c2c(CCCCCCCCCCCCC)cccc12. The first-order valence-electron chi connectivity index (χ1n) is 17.0. The van der Waals surface area contributed by atoms with Crippen molar-refractivity contribution in [3.05, 3.63) is 41.5 Å². The summed E-state index contributed by atoms with van der Waals surface area (Å²) in [6.45, 7) is 4.53. The second-order valence-electron chi connectivity index (χ2n) is 12.1. The molecule has 0 unspecified atom stereocenters. The van der Waals surface area contributed by atoms with Crippen LogP contribution < -0.4 is 0 Å². The highest BCUT2D eigenvalue weighted by atomic mass is 32.2. The molecule has 4 heteroatoms. The molecule has 40 heavy (non-hydrogen) atoms. The van der Waals surface area contributed by atoms with E-state index in [2.05, 4.69) is 26.0 Å². The first-order valence-corrected chi connectivity index (χ1v) is 18.4. The Bertz CT molecular complexity index is 1030. The number of hydrogen-bond acceptors (Lipinski definition) is 2. The van der Waals surface area contributed by atoms with Crippen molar-refractivity contribution in [1.29, 1.82) is 0 Å². The maximum absolute atomic E-state index is 12.3. The average molecular weight is 573 g/mol. The maximum atomic E-state index is 12.3. The van der Waals surface area contributed by atoms with Gasteiger partial charge in [-0.2, -0.15) is 8.42 Å². The molecule has 0 aliphatic rings. The van der Waals surface area contributed by atoms with Crippen molar-refractivity contribution in [2.75, 3.05) is 0 Å². The summed E-state index contributed by atoms with van der Waals surface area (Å²) in [7, 11) is -4.27. The van der Waals surface area contributed by atoms with E-state index in [4.69, 9.17) is 0 Å². The lowest BCUT2D eigenvalue weighted by Gasteiger charge is -2.14. The lowest BCUT2D eigenvalue weighted by atomic mass is 9.94. The normalized spacial score (nSPS) is 12.0. The van der Waals surface area contributed by atoms with Crippen LogP contribution in [0.2, 0.25) is 0 Å². The summed E-state index contributed by atoms with van der Waals surface area (Å²) in [6.07, 6.45) is 30.6. The Labute approximate surface area is 247 Å². The fourth-order valence-electron chi connectivity index (χ4n) is 6.11. The van der Waals surface area contributed by atoms with Gasteiger partial charge in [-0.25, -0.2) is 0 Å². The van der Waals surface area contributed by atoms with Gasteiger partial charge in [-0.15, -0.1) is 0 Å². The highest BCUT2D eigenvalue weighted by molar-refractivity contribution is 7.86. The summed E-state index contributed by atoms with van der Waals surface area (Å²) in [5.74, 6) is 0. The van der Waals surface area contributed by atoms with Gasteiger partial charge in [-0.3, -0.25) is 4.55 Å². The second kappa shape index (κ2) is 21.3. The Kier molecular flexibility index (Phi) is 18.6. The number of fused-ring (bicyclic) bond motifs is 1. The number of rotatable bonds is 25. The van der Waals surface area contributed by atoms with Crippen LogP contribution in [-0.2, 0) is 23.0 Å². The topological polar surface area (TPSA) is 54.4 Å². The van der Waals surface area contributed by atoms with E-state index in [0.717, 1.165) is 42.0 Å². The molecule has 2 rings (SSSR count). The van der Waals surface area contributed by atoms with Crippen molar-refractivity contribution < 1.29 is 13.0 Å². The van der Waals surface area contributed by atoms with E-state index in [1.165, 1.54) is 134 Å². The van der Waals surface area contributed by atoms with E-state index < -0.39 is 10.1 Å². The third kappa shape index (κ3) is 14.0. The monoisotopic (exact) mass is 572 g/mol. The Morgan fingerprint density at radius 1 is 0.500 bits per heavy atom. The smallest absolute Gasteiger partial charge is 0.282 e. The van der Waals surface area contributed by atoms with E-state index in [1.54, 1.807) is 6.07 Å². The van der Waals surface area contributed by atoms with Gasteiger partial charge in [-0.1, -0.05) is 167 Å². The molecule has 0 aliphatic heterocycles. The summed E-state index contributed by atoms with van der Waals surface area (Å²) in [5, 5.41) is 1.75. The predicted molar refractivity (Wildman–Crippen MR) is 174 cm³/mol. The van der Waals surface area contributed by atoms with Crippen LogP contribution in [0.4, 0.5) is 0 Å². The molecule has 0 saturated heterocycles. The predicted octanol–water partition coefficient (Wildman–Crippen LogP) is 11.8. The van der Waals surface area contributed by atoms with Crippen LogP contribution in [0.1, 0.15) is 166 Å². The van der Waals surface area contributed by atoms with Crippen molar-refractivity contribution in [3.63, 3.8) is 0 Å². The molecule has 0 radical (unpaired) electrons. The van der Waals surface area contributed by atoms with Gasteiger partial charge in [0.1, 0.15) is 4.90 Å². The van der Waals surface area contributed by atoms with Gasteiger partial charge in [-0.05, 0) is 48.3 Å². The lowest BCUT2D eigenvalue weighted by molar-refractivity contribution is 0.484. The quantitative estimate of drug-likeness (QED) is 0.0950. The van der Waals surface area contributed by atoms with Crippen LogP contribution in [0.5, 0.6) is 0 Å². The summed E-state index contributed by atoms with van der Waals surface area (Å²) in [5.41, 5.74) is 2.26. The fraction of sp³-hybridized carbons (Fsp3) is 0.722.